The Morgan fingerprint density at radius 1 is 1.16 bits per heavy atom. The first-order valence-electron chi connectivity index (χ1n) is 11.0. The molecule has 6 nitrogen and oxygen atoms in total. The molecule has 3 heterocycles. The fraction of sp³-hybridized carbons (Fsp3) is 0.565. The lowest BCUT2D eigenvalue weighted by Gasteiger charge is -2.34. The van der Waals surface area contributed by atoms with Gasteiger partial charge in [-0.1, -0.05) is 43.7 Å². The minimum atomic E-state index is -0.288. The largest absolute Gasteiger partial charge is 0.357 e. The normalized spacial score (nSPS) is 22.1. The summed E-state index contributed by atoms with van der Waals surface area (Å²) in [4.78, 5) is 30.7. The number of anilines is 1. The molecule has 8 heteroatoms. The fourth-order valence-electron chi connectivity index (χ4n) is 4.90. The second-order valence-electron chi connectivity index (χ2n) is 8.87. The average molecular weight is 457 g/mol. The maximum absolute atomic E-state index is 13.3. The third kappa shape index (κ3) is 3.94. The molecule has 0 unspecified atom stereocenters. The molecule has 3 aliphatic rings. The summed E-state index contributed by atoms with van der Waals surface area (Å²) in [6.45, 7) is 5.75. The van der Waals surface area contributed by atoms with E-state index in [1.165, 1.54) is 11.8 Å². The number of rotatable bonds is 3. The van der Waals surface area contributed by atoms with E-state index in [1.54, 1.807) is 23.4 Å². The molecule has 1 aromatic rings. The van der Waals surface area contributed by atoms with Crippen molar-refractivity contribution in [3.63, 3.8) is 0 Å². The summed E-state index contributed by atoms with van der Waals surface area (Å²) in [7, 11) is 1.72. The highest BCUT2D eigenvalue weighted by Gasteiger charge is 2.38. The van der Waals surface area contributed by atoms with Crippen LogP contribution in [0.2, 0.25) is 0 Å². The van der Waals surface area contributed by atoms with E-state index >= 15 is 0 Å². The zero-order valence-electron chi connectivity index (χ0n) is 18.3. The van der Waals surface area contributed by atoms with Crippen LogP contribution in [0.3, 0.4) is 0 Å². The minimum absolute atomic E-state index is 0.0492. The third-order valence-electron chi connectivity index (χ3n) is 6.84. The van der Waals surface area contributed by atoms with Crippen LogP contribution < -0.4 is 10.5 Å². The number of hydrogen-bond acceptors (Lipinski definition) is 6. The number of carbonyl (C=O) groups is 1. The van der Waals surface area contributed by atoms with Crippen molar-refractivity contribution in [2.24, 2.45) is 13.0 Å². The highest BCUT2D eigenvalue weighted by molar-refractivity contribution is 8.26. The Kier molecular flexibility index (Phi) is 6.27. The van der Waals surface area contributed by atoms with Crippen LogP contribution in [0.1, 0.15) is 62.1 Å². The monoisotopic (exact) mass is 456 g/mol. The molecular weight excluding hydrogens is 428 g/mol. The molecule has 0 bridgehead atoms. The number of thioether (sulfide) groups is 1. The maximum Gasteiger partial charge on any atom is 0.270 e. The van der Waals surface area contributed by atoms with E-state index in [4.69, 9.17) is 12.2 Å². The van der Waals surface area contributed by atoms with Gasteiger partial charge in [-0.05, 0) is 50.2 Å². The van der Waals surface area contributed by atoms with Gasteiger partial charge in [0.15, 0.2) is 0 Å². The van der Waals surface area contributed by atoms with Gasteiger partial charge in [0, 0.05) is 31.7 Å². The summed E-state index contributed by atoms with van der Waals surface area (Å²) in [5.41, 5.74) is 1.25. The van der Waals surface area contributed by atoms with Crippen molar-refractivity contribution in [2.45, 2.75) is 58.4 Å². The molecule has 1 aromatic heterocycles. The van der Waals surface area contributed by atoms with Crippen molar-refractivity contribution in [3.05, 3.63) is 31.9 Å². The molecule has 0 radical (unpaired) electrons. The number of piperidine rings is 1. The Morgan fingerprint density at radius 2 is 1.81 bits per heavy atom. The first-order chi connectivity index (χ1) is 14.8. The number of pyridine rings is 1. The molecule has 1 aliphatic carbocycles. The van der Waals surface area contributed by atoms with Crippen LogP contribution in [0, 0.1) is 24.2 Å². The average Bonchev–Trinajstić information content (AvgIpc) is 3.36. The van der Waals surface area contributed by atoms with Gasteiger partial charge < -0.3 is 4.90 Å². The number of thiocarbonyl (C=S) groups is 1. The minimum Gasteiger partial charge on any atom is -0.357 e. The Balaban J connectivity index is 1.81. The van der Waals surface area contributed by atoms with Crippen LogP contribution >= 0.6 is 24.0 Å². The van der Waals surface area contributed by atoms with Crippen molar-refractivity contribution >= 4 is 46.1 Å². The Morgan fingerprint density at radius 3 is 2.42 bits per heavy atom. The summed E-state index contributed by atoms with van der Waals surface area (Å²) in [5.74, 6) is 1.39. The molecule has 0 atom stereocenters. The molecular formula is C23H28N4O2S2. The molecule has 0 aromatic carbocycles. The van der Waals surface area contributed by atoms with Crippen LogP contribution in [-0.2, 0) is 11.8 Å². The van der Waals surface area contributed by atoms with Crippen LogP contribution in [0.5, 0.6) is 0 Å². The van der Waals surface area contributed by atoms with E-state index < -0.39 is 0 Å². The molecule has 1 amide bonds. The van der Waals surface area contributed by atoms with Crippen LogP contribution in [0.25, 0.3) is 6.08 Å². The third-order valence-corrected chi connectivity index (χ3v) is 8.17. The highest BCUT2D eigenvalue weighted by Crippen LogP contribution is 2.39. The summed E-state index contributed by atoms with van der Waals surface area (Å²) < 4.78 is 2.19. The van der Waals surface area contributed by atoms with Gasteiger partial charge >= 0.3 is 0 Å². The van der Waals surface area contributed by atoms with Gasteiger partial charge in [-0.15, -0.1) is 0 Å². The summed E-state index contributed by atoms with van der Waals surface area (Å²) >= 11 is 6.89. The first kappa shape index (κ1) is 22.1. The molecule has 2 aliphatic heterocycles. The van der Waals surface area contributed by atoms with Gasteiger partial charge in [-0.25, -0.2) is 0 Å². The summed E-state index contributed by atoms with van der Waals surface area (Å²) in [6, 6.07) is 2.26. The van der Waals surface area contributed by atoms with Gasteiger partial charge in [0.25, 0.3) is 11.5 Å². The van der Waals surface area contributed by atoms with E-state index in [0.717, 1.165) is 63.0 Å². The van der Waals surface area contributed by atoms with E-state index in [2.05, 4.69) is 17.9 Å². The first-order valence-corrected chi connectivity index (χ1v) is 12.2. The predicted octanol–water partition coefficient (Wildman–Crippen LogP) is 3.95. The number of aromatic nitrogens is 1. The van der Waals surface area contributed by atoms with Gasteiger partial charge in [-0.2, -0.15) is 5.26 Å². The number of hydrogen-bond donors (Lipinski definition) is 0. The second-order valence-corrected chi connectivity index (χ2v) is 10.5. The zero-order valence-corrected chi connectivity index (χ0v) is 19.9. The topological polar surface area (TPSA) is 69.3 Å². The van der Waals surface area contributed by atoms with Gasteiger partial charge in [0.1, 0.15) is 21.8 Å². The van der Waals surface area contributed by atoms with Crippen molar-refractivity contribution in [1.29, 1.82) is 5.26 Å². The fourth-order valence-corrected chi connectivity index (χ4v) is 6.29. The number of carbonyl (C=O) groups excluding carboxylic acids is 1. The van der Waals surface area contributed by atoms with Crippen LogP contribution in [0.15, 0.2) is 9.70 Å². The summed E-state index contributed by atoms with van der Waals surface area (Å²) in [5, 5.41) is 9.63. The van der Waals surface area contributed by atoms with Crippen molar-refractivity contribution in [1.82, 2.24) is 9.47 Å². The molecule has 2 saturated heterocycles. The smallest absolute Gasteiger partial charge is 0.270 e. The van der Waals surface area contributed by atoms with E-state index in [1.807, 2.05) is 6.08 Å². The van der Waals surface area contributed by atoms with Crippen molar-refractivity contribution in [3.8, 4) is 6.07 Å². The van der Waals surface area contributed by atoms with Crippen molar-refractivity contribution < 1.29 is 4.79 Å². The lowest BCUT2D eigenvalue weighted by molar-refractivity contribution is -0.123. The maximum atomic E-state index is 13.3. The Hall–Kier alpha value is -2.11. The second kappa shape index (κ2) is 8.79. The molecule has 3 fully saturated rings. The lowest BCUT2D eigenvalue weighted by Crippen LogP contribution is -2.38. The van der Waals surface area contributed by atoms with Gasteiger partial charge in [0.05, 0.1) is 4.91 Å². The Bertz CT molecular complexity index is 1050. The summed E-state index contributed by atoms with van der Waals surface area (Å²) in [6.07, 6.45) is 8.21. The molecule has 164 valence electrons. The van der Waals surface area contributed by atoms with E-state index in [0.29, 0.717) is 20.7 Å². The zero-order chi connectivity index (χ0) is 22.3. The molecule has 1 saturated carbocycles. The SMILES string of the molecule is Cc1c(C=C2SC(=S)N(C3CCCC3)C2=O)c(N2CCC(C)CC2)n(C)c(=O)c1C#N. The molecule has 4 rings (SSSR count). The number of amides is 1. The lowest BCUT2D eigenvalue weighted by atomic mass is 9.97. The van der Waals surface area contributed by atoms with E-state index in [9.17, 15) is 14.9 Å². The van der Waals surface area contributed by atoms with Gasteiger partial charge in [-0.3, -0.25) is 19.1 Å². The van der Waals surface area contributed by atoms with Crippen LogP contribution in [-0.4, -0.2) is 38.8 Å². The number of nitriles is 1. The quantitative estimate of drug-likeness (QED) is 0.507. The molecule has 31 heavy (non-hydrogen) atoms. The molecule has 0 N–H and O–H groups in total. The Labute approximate surface area is 192 Å². The predicted molar refractivity (Wildman–Crippen MR) is 129 cm³/mol. The van der Waals surface area contributed by atoms with Crippen molar-refractivity contribution in [2.75, 3.05) is 18.0 Å². The van der Waals surface area contributed by atoms with E-state index in [-0.39, 0.29) is 23.1 Å². The number of nitrogens with zero attached hydrogens (tertiary/aromatic N) is 4. The van der Waals surface area contributed by atoms with Gasteiger partial charge in [0.2, 0.25) is 0 Å². The standard InChI is InChI=1S/C23H28N4O2S2/c1-14-8-10-26(11-9-14)20-17(15(2)18(13-24)21(28)25(20)3)12-19-22(29)27(23(30)31-19)16-6-4-5-7-16/h12,14,16H,4-11H2,1-3H3. The molecule has 0 spiro atoms. The highest BCUT2D eigenvalue weighted by atomic mass is 32.2. The van der Waals surface area contributed by atoms with Crippen LogP contribution in [0.4, 0.5) is 5.82 Å².